The normalized spacial score (nSPS) is 12.8. The third kappa shape index (κ3) is 11.5. The van der Waals surface area contributed by atoms with Crippen molar-refractivity contribution in [3.8, 4) is 11.5 Å². The predicted molar refractivity (Wildman–Crippen MR) is 180 cm³/mol. The number of carboxylic acids is 1. The van der Waals surface area contributed by atoms with Gasteiger partial charge in [0.2, 0.25) is 5.91 Å². The molecule has 1 aliphatic rings. The smallest absolute Gasteiger partial charge is 0.303 e. The molecule has 0 saturated carbocycles. The molecule has 2 aromatic carbocycles. The number of carbonyl (C=O) groups excluding carboxylic acids is 1. The summed E-state index contributed by atoms with van der Waals surface area (Å²) in [5.41, 5.74) is 3.57. The van der Waals surface area contributed by atoms with Crippen molar-refractivity contribution in [2.75, 3.05) is 77.4 Å². The predicted octanol–water partition coefficient (Wildman–Crippen LogP) is 6.35. The maximum atomic E-state index is 13.1. The van der Waals surface area contributed by atoms with Crippen molar-refractivity contribution in [2.24, 2.45) is 0 Å². The van der Waals surface area contributed by atoms with Crippen molar-refractivity contribution in [3.63, 3.8) is 0 Å². The number of hydrogen-bond donors (Lipinski definition) is 1. The van der Waals surface area contributed by atoms with Crippen LogP contribution < -0.4 is 14.5 Å². The summed E-state index contributed by atoms with van der Waals surface area (Å²) < 4.78 is 25.4. The summed E-state index contributed by atoms with van der Waals surface area (Å²) in [6.45, 7) is 10.7. The highest BCUT2D eigenvalue weighted by molar-refractivity contribution is 7.39. The Kier molecular flexibility index (Phi) is 15.8. The third-order valence-electron chi connectivity index (χ3n) is 7.76. The molecule has 1 aliphatic heterocycles. The van der Waals surface area contributed by atoms with Gasteiger partial charge in [-0.15, -0.1) is 0 Å². The molecule has 10 nitrogen and oxygen atoms in total. The van der Waals surface area contributed by atoms with Crippen LogP contribution in [0.25, 0.3) is 0 Å². The third-order valence-corrected chi connectivity index (χ3v) is 8.91. The summed E-state index contributed by atoms with van der Waals surface area (Å²) in [5, 5.41) is 8.71. The van der Waals surface area contributed by atoms with Crippen molar-refractivity contribution in [1.82, 2.24) is 9.80 Å². The zero-order chi connectivity index (χ0) is 32.8. The number of ether oxygens (including phenoxy) is 1. The summed E-state index contributed by atoms with van der Waals surface area (Å²) in [6, 6.07) is 11.7. The average Bonchev–Trinajstić information content (AvgIpc) is 2.99. The number of nitrogens with zero attached hydrogens (tertiary/aromatic N) is 4. The number of amides is 1. The fourth-order valence-electron chi connectivity index (χ4n) is 4.81. The van der Waals surface area contributed by atoms with Gasteiger partial charge in [0.05, 0.1) is 0 Å². The van der Waals surface area contributed by atoms with E-state index in [9.17, 15) is 14.2 Å². The fraction of sp³-hybridized carbons (Fsp3) is 0.576. The van der Waals surface area contributed by atoms with Crippen LogP contribution in [0.2, 0.25) is 0 Å². The monoisotopic (exact) mass is 632 g/mol. The molecular weight excluding hydrogens is 579 g/mol. The van der Waals surface area contributed by atoms with E-state index in [4.69, 9.17) is 14.4 Å². The number of aliphatic carboxylic acids is 1. The number of benzene rings is 2. The van der Waals surface area contributed by atoms with Gasteiger partial charge >= 0.3 is 5.97 Å². The molecule has 44 heavy (non-hydrogen) atoms. The van der Waals surface area contributed by atoms with Gasteiger partial charge in [0.15, 0.2) is 8.03 Å². The number of hydrogen-bond acceptors (Lipinski definition) is 8. The minimum atomic E-state index is -2.53. The molecule has 1 amide bonds. The van der Waals surface area contributed by atoms with Crippen molar-refractivity contribution in [3.05, 3.63) is 47.5 Å². The lowest BCUT2D eigenvalue weighted by Gasteiger charge is -2.30. The highest BCUT2D eigenvalue weighted by atomic mass is 31.1. The highest BCUT2D eigenvalue weighted by Gasteiger charge is 2.30. The van der Waals surface area contributed by atoms with Crippen molar-refractivity contribution >= 4 is 31.3 Å². The number of rotatable bonds is 16. The Labute approximate surface area is 264 Å². The summed E-state index contributed by atoms with van der Waals surface area (Å²) in [5.74, 6) is 0.418. The number of carbonyl (C=O) groups is 2. The molecule has 1 unspecified atom stereocenters. The molecule has 0 aliphatic carbocycles. The molecule has 0 saturated heterocycles. The summed E-state index contributed by atoms with van der Waals surface area (Å²) >= 11 is 0. The first-order valence-electron chi connectivity index (χ1n) is 15.6. The maximum Gasteiger partial charge on any atom is 0.303 e. The Hall–Kier alpha value is -3.07. The highest BCUT2D eigenvalue weighted by Crippen LogP contribution is 2.50. The van der Waals surface area contributed by atoms with Gasteiger partial charge in [-0.1, -0.05) is 39.3 Å². The summed E-state index contributed by atoms with van der Waals surface area (Å²) in [6.07, 6.45) is 1.95. The Morgan fingerprint density at radius 2 is 1.34 bits per heavy atom. The first kappa shape index (κ1) is 37.1. The molecule has 2 aromatic rings. The van der Waals surface area contributed by atoms with Gasteiger partial charge in [-0.2, -0.15) is 0 Å². The Balaban J connectivity index is 0.000000860. The first-order valence-corrected chi connectivity index (χ1v) is 17.1. The minimum Gasteiger partial charge on any atom is -0.481 e. The molecule has 0 aromatic heterocycles. The van der Waals surface area contributed by atoms with Gasteiger partial charge in [-0.25, -0.2) is 0 Å². The zero-order valence-corrected chi connectivity index (χ0v) is 28.9. The molecule has 3 rings (SSSR count). The molecule has 0 spiro atoms. The molecular formula is C33H53N4O6P. The van der Waals surface area contributed by atoms with Crippen molar-refractivity contribution in [1.29, 1.82) is 0 Å². The van der Waals surface area contributed by atoms with Crippen LogP contribution in [-0.2, 0) is 18.7 Å². The minimum absolute atomic E-state index is 0.0980. The summed E-state index contributed by atoms with van der Waals surface area (Å²) in [7, 11) is 7.02. The molecule has 0 bridgehead atoms. The number of fused-ring (bicyclic) bond motifs is 2. The second-order valence-corrected chi connectivity index (χ2v) is 12.8. The SMILES string of the molecule is CCN(CC)CC.CN(CCCCCC(=O)O)C(=O)CC[PH](=O)OC1c2ccc(N(C)C)cc2Oc2cc(N(C)C)ccc21. The number of anilines is 2. The molecule has 0 fully saturated rings. The molecule has 1 atom stereocenters. The number of unbranched alkanes of at least 4 members (excludes halogenated alkanes) is 2. The van der Waals surface area contributed by atoms with Gasteiger partial charge in [0, 0.05) is 95.4 Å². The van der Waals surface area contributed by atoms with Gasteiger partial charge in [-0.3, -0.25) is 14.2 Å². The van der Waals surface area contributed by atoms with E-state index in [1.54, 1.807) is 11.9 Å². The van der Waals surface area contributed by atoms with Crippen LogP contribution in [0.5, 0.6) is 11.5 Å². The molecule has 11 heteroatoms. The van der Waals surface area contributed by atoms with Crippen LogP contribution in [0.15, 0.2) is 36.4 Å². The second kappa shape index (κ2) is 18.7. The molecule has 1 N–H and O–H groups in total. The van der Waals surface area contributed by atoms with Crippen molar-refractivity contribution < 1.29 is 28.5 Å². The second-order valence-electron chi connectivity index (χ2n) is 11.3. The van der Waals surface area contributed by atoms with E-state index in [2.05, 4.69) is 25.7 Å². The van der Waals surface area contributed by atoms with Gasteiger partial charge in [0.1, 0.15) is 17.6 Å². The quantitative estimate of drug-likeness (QED) is 0.168. The lowest BCUT2D eigenvalue weighted by molar-refractivity contribution is -0.137. The van der Waals surface area contributed by atoms with E-state index in [0.717, 1.165) is 35.3 Å². The van der Waals surface area contributed by atoms with Crippen LogP contribution in [0, 0.1) is 0 Å². The Bertz CT molecular complexity index is 1170. The fourth-order valence-corrected chi connectivity index (χ4v) is 5.87. The van der Waals surface area contributed by atoms with E-state index in [0.29, 0.717) is 24.5 Å². The molecule has 1 heterocycles. The van der Waals surface area contributed by atoms with E-state index in [-0.39, 0.29) is 24.9 Å². The lowest BCUT2D eigenvalue weighted by atomic mass is 9.96. The van der Waals surface area contributed by atoms with Gasteiger partial charge < -0.3 is 34.0 Å². The van der Waals surface area contributed by atoms with Crippen LogP contribution in [-0.4, -0.2) is 94.4 Å². The lowest BCUT2D eigenvalue weighted by Crippen LogP contribution is -2.28. The topological polar surface area (TPSA) is 103 Å². The van der Waals surface area contributed by atoms with Gasteiger partial charge in [0.25, 0.3) is 0 Å². The van der Waals surface area contributed by atoms with E-state index >= 15 is 0 Å². The van der Waals surface area contributed by atoms with Crippen LogP contribution in [0.4, 0.5) is 11.4 Å². The van der Waals surface area contributed by atoms with Crippen molar-refractivity contribution in [2.45, 2.75) is 59.0 Å². The molecule has 246 valence electrons. The van der Waals surface area contributed by atoms with E-state index in [1.807, 2.05) is 74.4 Å². The maximum absolute atomic E-state index is 13.1. The van der Waals surface area contributed by atoms with Crippen LogP contribution >= 0.6 is 8.03 Å². The number of carboxylic acid groups (broad SMARTS) is 1. The largest absolute Gasteiger partial charge is 0.481 e. The Morgan fingerprint density at radius 3 is 1.77 bits per heavy atom. The average molecular weight is 633 g/mol. The standard InChI is InChI=1S/C27H38N3O6P.C6H15N/c1-28(2)19-10-12-21-23(17-19)35-24-18-20(29(3)4)11-13-22(24)27(21)36-37(34)16-14-25(31)30(5)15-8-6-7-9-26(32)33;1-4-7(5-2)6-3/h10-13,17-18,27,37H,6-9,14-16H2,1-5H3,(H,32,33);4-6H2,1-3H3. The first-order chi connectivity index (χ1) is 20.9. The van der Waals surface area contributed by atoms with Gasteiger partial charge in [-0.05, 0) is 44.6 Å². The van der Waals surface area contributed by atoms with E-state index < -0.39 is 20.1 Å². The molecule has 0 radical (unpaired) electrons. The van der Waals surface area contributed by atoms with Crippen LogP contribution in [0.1, 0.15) is 70.1 Å². The van der Waals surface area contributed by atoms with E-state index in [1.165, 1.54) is 19.6 Å². The zero-order valence-electron chi connectivity index (χ0n) is 27.9. The summed E-state index contributed by atoms with van der Waals surface area (Å²) in [4.78, 5) is 31.1. The van der Waals surface area contributed by atoms with Crippen LogP contribution in [0.3, 0.4) is 0 Å². The Morgan fingerprint density at radius 1 is 0.818 bits per heavy atom.